The van der Waals surface area contributed by atoms with E-state index in [0.717, 1.165) is 0 Å². The number of phenols is 1. The molecule has 0 unspecified atom stereocenters. The molecular formula is C11H10N3O. The Hall–Kier alpha value is -2.23. The van der Waals surface area contributed by atoms with Crippen molar-refractivity contribution in [3.63, 3.8) is 0 Å². The summed E-state index contributed by atoms with van der Waals surface area (Å²) >= 11 is 0. The van der Waals surface area contributed by atoms with E-state index in [-0.39, 0.29) is 5.75 Å². The number of nitrogens with zero attached hydrogens (tertiary/aromatic N) is 1. The van der Waals surface area contributed by atoms with Gasteiger partial charge in [-0.2, -0.15) is 0 Å². The minimum absolute atomic E-state index is 0.168. The standard InChI is InChI=1S/C11H10N3O/c12-8-5-6-13-11(7-8)14-9-3-1-2-4-10(9)15/h1-5,7,15H,(H3,12,13,14). The van der Waals surface area contributed by atoms with Crippen molar-refractivity contribution in [1.29, 1.82) is 0 Å². The van der Waals surface area contributed by atoms with Gasteiger partial charge in [0, 0.05) is 11.8 Å². The summed E-state index contributed by atoms with van der Waals surface area (Å²) in [7, 11) is 0. The van der Waals surface area contributed by atoms with Crippen LogP contribution in [0.2, 0.25) is 0 Å². The Bertz CT molecular complexity index is 471. The first-order chi connectivity index (χ1) is 7.25. The number of aromatic hydroxyl groups is 1. The van der Waals surface area contributed by atoms with Crippen LogP contribution in [0.15, 0.2) is 36.4 Å². The molecule has 1 aromatic carbocycles. The third-order valence-corrected chi connectivity index (χ3v) is 1.89. The zero-order valence-electron chi connectivity index (χ0n) is 7.94. The van der Waals surface area contributed by atoms with Crippen molar-refractivity contribution in [2.24, 2.45) is 0 Å². The van der Waals surface area contributed by atoms with Crippen molar-refractivity contribution in [3.05, 3.63) is 42.6 Å². The van der Waals surface area contributed by atoms with Crippen LogP contribution in [0.4, 0.5) is 17.2 Å². The van der Waals surface area contributed by atoms with Gasteiger partial charge in [-0.25, -0.2) is 4.98 Å². The SMILES string of the molecule is Nc1c[c]nc(Nc2ccccc2O)c1. The highest BCUT2D eigenvalue weighted by Gasteiger charge is 2.00. The molecule has 0 amide bonds. The van der Waals surface area contributed by atoms with Crippen LogP contribution < -0.4 is 11.1 Å². The van der Waals surface area contributed by atoms with Gasteiger partial charge in [0.05, 0.1) is 11.9 Å². The van der Waals surface area contributed by atoms with Crippen molar-refractivity contribution in [2.45, 2.75) is 0 Å². The molecule has 0 saturated heterocycles. The first-order valence-electron chi connectivity index (χ1n) is 4.44. The number of aromatic nitrogens is 1. The van der Waals surface area contributed by atoms with E-state index in [0.29, 0.717) is 17.2 Å². The molecule has 0 spiro atoms. The Morgan fingerprint density at radius 3 is 2.87 bits per heavy atom. The van der Waals surface area contributed by atoms with Crippen LogP contribution in [0, 0.1) is 6.20 Å². The van der Waals surface area contributed by atoms with Crippen LogP contribution in [-0.4, -0.2) is 10.1 Å². The van der Waals surface area contributed by atoms with Gasteiger partial charge in [-0.1, -0.05) is 12.1 Å². The van der Waals surface area contributed by atoms with Gasteiger partial charge < -0.3 is 16.2 Å². The first-order valence-corrected chi connectivity index (χ1v) is 4.44. The number of nitrogens with one attached hydrogen (secondary N) is 1. The molecule has 0 atom stereocenters. The van der Waals surface area contributed by atoms with Crippen LogP contribution in [0.5, 0.6) is 5.75 Å². The second-order valence-electron chi connectivity index (χ2n) is 3.06. The largest absolute Gasteiger partial charge is 0.506 e. The van der Waals surface area contributed by atoms with Crippen molar-refractivity contribution in [3.8, 4) is 5.75 Å². The van der Waals surface area contributed by atoms with Crippen LogP contribution in [-0.2, 0) is 0 Å². The number of benzene rings is 1. The monoisotopic (exact) mass is 200 g/mol. The summed E-state index contributed by atoms with van der Waals surface area (Å²) in [6.45, 7) is 0. The highest BCUT2D eigenvalue weighted by Crippen LogP contribution is 2.25. The summed E-state index contributed by atoms with van der Waals surface area (Å²) in [6, 6.07) is 10.2. The molecule has 0 saturated carbocycles. The number of hydrogen-bond donors (Lipinski definition) is 3. The van der Waals surface area contributed by atoms with Crippen molar-refractivity contribution in [2.75, 3.05) is 11.1 Å². The third kappa shape index (κ3) is 2.17. The number of phenolic OH excluding ortho intramolecular Hbond substituents is 1. The number of pyridine rings is 1. The normalized spacial score (nSPS) is 9.87. The lowest BCUT2D eigenvalue weighted by molar-refractivity contribution is 0.477. The number of nitrogen functional groups attached to an aromatic ring is 1. The lowest BCUT2D eigenvalue weighted by Crippen LogP contribution is -1.95. The fourth-order valence-corrected chi connectivity index (χ4v) is 1.19. The van der Waals surface area contributed by atoms with Crippen molar-refractivity contribution in [1.82, 2.24) is 4.98 Å². The van der Waals surface area contributed by atoms with Crippen molar-refractivity contribution < 1.29 is 5.11 Å². The first kappa shape index (κ1) is 9.33. The number of para-hydroxylation sites is 2. The van der Waals surface area contributed by atoms with Gasteiger partial charge in [0.25, 0.3) is 0 Å². The van der Waals surface area contributed by atoms with E-state index in [2.05, 4.69) is 16.5 Å². The minimum Gasteiger partial charge on any atom is -0.506 e. The molecule has 0 aliphatic rings. The quantitative estimate of drug-likeness (QED) is 0.647. The van der Waals surface area contributed by atoms with Gasteiger partial charge in [0.1, 0.15) is 11.6 Å². The highest BCUT2D eigenvalue weighted by atomic mass is 16.3. The number of rotatable bonds is 2. The van der Waals surface area contributed by atoms with Gasteiger partial charge in [0.2, 0.25) is 0 Å². The maximum Gasteiger partial charge on any atom is 0.139 e. The van der Waals surface area contributed by atoms with E-state index in [1.807, 2.05) is 6.07 Å². The Labute approximate surface area is 87.4 Å². The maximum atomic E-state index is 9.51. The van der Waals surface area contributed by atoms with Crippen LogP contribution >= 0.6 is 0 Å². The fourth-order valence-electron chi connectivity index (χ4n) is 1.19. The molecule has 0 bridgehead atoms. The van der Waals surface area contributed by atoms with Gasteiger partial charge in [-0.15, -0.1) is 0 Å². The van der Waals surface area contributed by atoms with Gasteiger partial charge in [-0.3, -0.25) is 0 Å². The molecule has 4 heteroatoms. The van der Waals surface area contributed by atoms with Gasteiger partial charge >= 0.3 is 0 Å². The molecule has 2 aromatic rings. The van der Waals surface area contributed by atoms with E-state index >= 15 is 0 Å². The Balaban J connectivity index is 2.26. The molecule has 15 heavy (non-hydrogen) atoms. The third-order valence-electron chi connectivity index (χ3n) is 1.89. The van der Waals surface area contributed by atoms with Crippen LogP contribution in [0.25, 0.3) is 0 Å². The molecule has 1 heterocycles. The molecule has 4 nitrogen and oxygen atoms in total. The fraction of sp³-hybridized carbons (Fsp3) is 0. The second-order valence-corrected chi connectivity index (χ2v) is 3.06. The second kappa shape index (κ2) is 3.88. The zero-order chi connectivity index (χ0) is 10.7. The Morgan fingerprint density at radius 1 is 1.33 bits per heavy atom. The van der Waals surface area contributed by atoms with Crippen molar-refractivity contribution >= 4 is 17.2 Å². The lowest BCUT2D eigenvalue weighted by atomic mass is 10.3. The molecule has 0 aliphatic heterocycles. The molecule has 0 fully saturated rings. The Kier molecular flexibility index (Phi) is 2.41. The average Bonchev–Trinajstić information content (AvgIpc) is 2.22. The predicted octanol–water partition coefficient (Wildman–Crippen LogP) is 1.91. The maximum absolute atomic E-state index is 9.51. The number of nitrogens with two attached hydrogens (primary N) is 1. The topological polar surface area (TPSA) is 71.2 Å². The molecule has 75 valence electrons. The zero-order valence-corrected chi connectivity index (χ0v) is 7.94. The Morgan fingerprint density at radius 2 is 2.13 bits per heavy atom. The number of anilines is 3. The van der Waals surface area contributed by atoms with E-state index in [1.54, 1.807) is 30.3 Å². The highest BCUT2D eigenvalue weighted by molar-refractivity contribution is 5.65. The van der Waals surface area contributed by atoms with Crippen LogP contribution in [0.3, 0.4) is 0 Å². The molecule has 4 N–H and O–H groups in total. The lowest BCUT2D eigenvalue weighted by Gasteiger charge is -2.06. The predicted molar refractivity (Wildman–Crippen MR) is 58.9 cm³/mol. The molecule has 1 aromatic heterocycles. The summed E-state index contributed by atoms with van der Waals surface area (Å²) in [6.07, 6.45) is 2.65. The summed E-state index contributed by atoms with van der Waals surface area (Å²) in [5, 5.41) is 12.5. The summed E-state index contributed by atoms with van der Waals surface area (Å²) in [5.41, 5.74) is 6.74. The van der Waals surface area contributed by atoms with Gasteiger partial charge in [0.15, 0.2) is 0 Å². The van der Waals surface area contributed by atoms with Crippen LogP contribution in [0.1, 0.15) is 0 Å². The average molecular weight is 200 g/mol. The summed E-state index contributed by atoms with van der Waals surface area (Å²) < 4.78 is 0. The van der Waals surface area contributed by atoms with E-state index < -0.39 is 0 Å². The van der Waals surface area contributed by atoms with Gasteiger partial charge in [-0.05, 0) is 18.2 Å². The van der Waals surface area contributed by atoms with E-state index in [9.17, 15) is 5.11 Å². The molecule has 0 aliphatic carbocycles. The number of hydrogen-bond acceptors (Lipinski definition) is 4. The van der Waals surface area contributed by atoms with E-state index in [4.69, 9.17) is 5.73 Å². The summed E-state index contributed by atoms with van der Waals surface area (Å²) in [4.78, 5) is 3.95. The minimum atomic E-state index is 0.168. The summed E-state index contributed by atoms with van der Waals surface area (Å²) in [5.74, 6) is 0.721. The smallest absolute Gasteiger partial charge is 0.139 e. The molecular weight excluding hydrogens is 190 g/mol. The molecule has 1 radical (unpaired) electrons. The van der Waals surface area contributed by atoms with E-state index in [1.165, 1.54) is 0 Å². The molecule has 2 rings (SSSR count).